The number of benzene rings is 1. The van der Waals surface area contributed by atoms with E-state index in [0.717, 1.165) is 18.5 Å². The van der Waals surface area contributed by atoms with Crippen LogP contribution in [0.4, 0.5) is 5.69 Å². The van der Waals surface area contributed by atoms with E-state index in [-0.39, 0.29) is 0 Å². The third-order valence-electron chi connectivity index (χ3n) is 3.42. The Morgan fingerprint density at radius 2 is 2.17 bits per heavy atom. The van der Waals surface area contributed by atoms with E-state index in [9.17, 15) is 0 Å². The van der Waals surface area contributed by atoms with Gasteiger partial charge in [-0.3, -0.25) is 10.1 Å². The summed E-state index contributed by atoms with van der Waals surface area (Å²) in [6, 6.07) is 6.44. The number of rotatable bonds is 1. The lowest BCUT2D eigenvalue weighted by molar-refractivity contribution is 0.768. The van der Waals surface area contributed by atoms with Crippen molar-refractivity contribution in [2.75, 3.05) is 11.4 Å². The van der Waals surface area contributed by atoms with Crippen molar-refractivity contribution in [1.29, 1.82) is 5.41 Å². The molecule has 0 bridgehead atoms. The Bertz CT molecular complexity index is 612. The third kappa shape index (κ3) is 1.70. The molecule has 0 aliphatic carbocycles. The maximum absolute atomic E-state index is 7.76. The van der Waals surface area contributed by atoms with E-state index in [1.165, 1.54) is 16.8 Å². The second-order valence-corrected chi connectivity index (χ2v) is 4.73. The van der Waals surface area contributed by atoms with Crippen LogP contribution in [0, 0.1) is 5.41 Å². The van der Waals surface area contributed by atoms with Gasteiger partial charge in [-0.05, 0) is 36.6 Å². The fraction of sp³-hybridized carbons (Fsp3) is 0.286. The Hall–Kier alpha value is -2.10. The molecule has 0 amide bonds. The largest absolute Gasteiger partial charge is 0.330 e. The van der Waals surface area contributed by atoms with Crippen LogP contribution in [0.1, 0.15) is 12.5 Å². The van der Waals surface area contributed by atoms with Crippen LogP contribution in [0.2, 0.25) is 0 Å². The van der Waals surface area contributed by atoms with Crippen LogP contribution in [0.3, 0.4) is 0 Å². The molecule has 0 atom stereocenters. The first-order valence-corrected chi connectivity index (χ1v) is 6.10. The van der Waals surface area contributed by atoms with Crippen molar-refractivity contribution in [1.82, 2.24) is 9.78 Å². The summed E-state index contributed by atoms with van der Waals surface area (Å²) in [6.07, 6.45) is 4.92. The molecule has 0 saturated heterocycles. The van der Waals surface area contributed by atoms with E-state index in [4.69, 9.17) is 5.41 Å². The van der Waals surface area contributed by atoms with Crippen LogP contribution in [0.15, 0.2) is 30.6 Å². The van der Waals surface area contributed by atoms with Gasteiger partial charge < -0.3 is 4.90 Å². The molecule has 2 heterocycles. The highest BCUT2D eigenvalue weighted by Gasteiger charge is 2.20. The summed E-state index contributed by atoms with van der Waals surface area (Å²) in [5.74, 6) is 0.614. The monoisotopic (exact) mass is 240 g/mol. The van der Waals surface area contributed by atoms with Crippen LogP contribution < -0.4 is 4.90 Å². The van der Waals surface area contributed by atoms with Gasteiger partial charge in [0.05, 0.1) is 12.0 Å². The topological polar surface area (TPSA) is 44.9 Å². The molecule has 3 rings (SSSR count). The minimum atomic E-state index is 0.614. The standard InChI is InChI=1S/C14H16N4/c1-10(15)18-6-5-12-7-11(3-4-14(12)18)13-8-16-17(2)9-13/h3-4,7-9,15H,5-6H2,1-2H3. The molecular weight excluding hydrogens is 224 g/mol. The highest BCUT2D eigenvalue weighted by atomic mass is 15.2. The predicted octanol–water partition coefficient (Wildman–Crippen LogP) is 2.45. The Balaban J connectivity index is 2.01. The lowest BCUT2D eigenvalue weighted by Gasteiger charge is -2.17. The number of nitrogens with one attached hydrogen (secondary N) is 1. The minimum Gasteiger partial charge on any atom is -0.330 e. The van der Waals surface area contributed by atoms with Gasteiger partial charge in [-0.1, -0.05) is 6.07 Å². The maximum Gasteiger partial charge on any atom is 0.0970 e. The van der Waals surface area contributed by atoms with Gasteiger partial charge in [-0.2, -0.15) is 5.10 Å². The Labute approximate surface area is 106 Å². The van der Waals surface area contributed by atoms with E-state index >= 15 is 0 Å². The molecule has 4 heteroatoms. The molecule has 18 heavy (non-hydrogen) atoms. The fourth-order valence-corrected chi connectivity index (χ4v) is 2.50. The lowest BCUT2D eigenvalue weighted by Crippen LogP contribution is -2.25. The molecule has 0 saturated carbocycles. The Morgan fingerprint density at radius 3 is 2.83 bits per heavy atom. The molecule has 92 valence electrons. The molecular formula is C14H16N4. The van der Waals surface area contributed by atoms with E-state index in [2.05, 4.69) is 28.2 Å². The number of nitrogens with zero attached hydrogens (tertiary/aromatic N) is 3. The van der Waals surface area contributed by atoms with Crippen molar-refractivity contribution < 1.29 is 0 Å². The first-order valence-electron chi connectivity index (χ1n) is 6.10. The summed E-state index contributed by atoms with van der Waals surface area (Å²) in [7, 11) is 1.93. The van der Waals surface area contributed by atoms with E-state index in [1.807, 2.05) is 31.0 Å². The molecule has 0 fully saturated rings. The first-order chi connectivity index (χ1) is 8.65. The number of hydrogen-bond donors (Lipinski definition) is 1. The second kappa shape index (κ2) is 3.98. The van der Waals surface area contributed by atoms with Crippen molar-refractivity contribution in [3.8, 4) is 11.1 Å². The molecule has 0 radical (unpaired) electrons. The van der Waals surface area contributed by atoms with Crippen molar-refractivity contribution in [2.24, 2.45) is 7.05 Å². The molecule has 1 aromatic carbocycles. The van der Waals surface area contributed by atoms with Gasteiger partial charge in [0.2, 0.25) is 0 Å². The highest BCUT2D eigenvalue weighted by Crippen LogP contribution is 2.32. The number of aromatic nitrogens is 2. The summed E-state index contributed by atoms with van der Waals surface area (Å²) >= 11 is 0. The van der Waals surface area contributed by atoms with E-state index in [0.29, 0.717) is 5.84 Å². The molecule has 0 unspecified atom stereocenters. The smallest absolute Gasteiger partial charge is 0.0970 e. The number of aryl methyl sites for hydroxylation is 1. The third-order valence-corrected chi connectivity index (χ3v) is 3.42. The first kappa shape index (κ1) is 11.0. The molecule has 4 nitrogen and oxygen atoms in total. The second-order valence-electron chi connectivity index (χ2n) is 4.73. The number of amidine groups is 1. The summed E-state index contributed by atoms with van der Waals surface area (Å²) in [5, 5.41) is 12.0. The van der Waals surface area contributed by atoms with E-state index in [1.54, 1.807) is 0 Å². The summed E-state index contributed by atoms with van der Waals surface area (Å²) in [6.45, 7) is 2.76. The summed E-state index contributed by atoms with van der Waals surface area (Å²) in [5.41, 5.74) is 4.84. The molecule has 1 aliphatic rings. The molecule has 0 spiro atoms. The summed E-state index contributed by atoms with van der Waals surface area (Å²) in [4.78, 5) is 2.06. The van der Waals surface area contributed by atoms with Crippen LogP contribution in [0.5, 0.6) is 0 Å². The normalized spacial score (nSPS) is 13.8. The van der Waals surface area contributed by atoms with Crippen LogP contribution in [-0.4, -0.2) is 22.2 Å². The minimum absolute atomic E-state index is 0.614. The average molecular weight is 240 g/mol. The van der Waals surface area contributed by atoms with Gasteiger partial charge in [0.25, 0.3) is 0 Å². The Kier molecular flexibility index (Phi) is 2.44. The maximum atomic E-state index is 7.76. The number of fused-ring (bicyclic) bond motifs is 1. The van der Waals surface area contributed by atoms with Crippen LogP contribution >= 0.6 is 0 Å². The van der Waals surface area contributed by atoms with Gasteiger partial charge in [0.1, 0.15) is 0 Å². The lowest BCUT2D eigenvalue weighted by atomic mass is 10.0. The van der Waals surface area contributed by atoms with Crippen molar-refractivity contribution in [3.63, 3.8) is 0 Å². The quantitative estimate of drug-likeness (QED) is 0.614. The fourth-order valence-electron chi connectivity index (χ4n) is 2.50. The summed E-state index contributed by atoms with van der Waals surface area (Å²) < 4.78 is 1.82. The molecule has 2 aromatic rings. The van der Waals surface area contributed by atoms with Gasteiger partial charge in [0.15, 0.2) is 0 Å². The van der Waals surface area contributed by atoms with Gasteiger partial charge in [-0.25, -0.2) is 0 Å². The number of anilines is 1. The highest BCUT2D eigenvalue weighted by molar-refractivity contribution is 5.96. The van der Waals surface area contributed by atoms with Crippen molar-refractivity contribution in [3.05, 3.63) is 36.2 Å². The van der Waals surface area contributed by atoms with Crippen molar-refractivity contribution >= 4 is 11.5 Å². The molecule has 1 aliphatic heterocycles. The van der Waals surface area contributed by atoms with Crippen molar-refractivity contribution in [2.45, 2.75) is 13.3 Å². The average Bonchev–Trinajstić information content (AvgIpc) is 2.93. The Morgan fingerprint density at radius 1 is 1.33 bits per heavy atom. The SMILES string of the molecule is CC(=N)N1CCc2cc(-c3cnn(C)c3)ccc21. The van der Waals surface area contributed by atoms with Crippen LogP contribution in [-0.2, 0) is 13.5 Å². The molecule has 1 N–H and O–H groups in total. The zero-order chi connectivity index (χ0) is 12.7. The van der Waals surface area contributed by atoms with E-state index < -0.39 is 0 Å². The van der Waals surface area contributed by atoms with Gasteiger partial charge in [0, 0.05) is 31.0 Å². The molecule has 1 aromatic heterocycles. The van der Waals surface area contributed by atoms with Gasteiger partial charge >= 0.3 is 0 Å². The zero-order valence-electron chi connectivity index (χ0n) is 10.6. The predicted molar refractivity (Wildman–Crippen MR) is 73.1 cm³/mol. The number of hydrogen-bond acceptors (Lipinski definition) is 2. The van der Waals surface area contributed by atoms with Gasteiger partial charge in [-0.15, -0.1) is 0 Å². The van der Waals surface area contributed by atoms with Crippen LogP contribution in [0.25, 0.3) is 11.1 Å². The zero-order valence-corrected chi connectivity index (χ0v) is 10.6.